The fourth-order valence-corrected chi connectivity index (χ4v) is 1.85. The van der Waals surface area contributed by atoms with Crippen molar-refractivity contribution in [2.45, 2.75) is 58.5 Å². The van der Waals surface area contributed by atoms with Gasteiger partial charge in [-0.2, -0.15) is 0 Å². The van der Waals surface area contributed by atoms with Crippen LogP contribution in [-0.4, -0.2) is 12.2 Å². The van der Waals surface area contributed by atoms with Crippen molar-refractivity contribution in [1.82, 2.24) is 0 Å². The normalized spacial score (nSPS) is 21.2. The lowest BCUT2D eigenvalue weighted by atomic mass is 9.86. The molecule has 0 radical (unpaired) electrons. The quantitative estimate of drug-likeness (QED) is 0.605. The van der Waals surface area contributed by atoms with Gasteiger partial charge in [0.1, 0.15) is 0 Å². The molecule has 0 aromatic carbocycles. The van der Waals surface area contributed by atoms with E-state index in [4.69, 9.17) is 4.74 Å². The van der Waals surface area contributed by atoms with Gasteiger partial charge in [0.25, 0.3) is 0 Å². The van der Waals surface area contributed by atoms with Gasteiger partial charge < -0.3 is 4.74 Å². The third kappa shape index (κ3) is 3.95. The highest BCUT2D eigenvalue weighted by Crippen LogP contribution is 2.30. The summed E-state index contributed by atoms with van der Waals surface area (Å²) in [6.45, 7) is 7.28. The number of allylic oxidation sites excluding steroid dienone is 1. The second-order valence-electron chi connectivity index (χ2n) is 4.60. The molecule has 0 bridgehead atoms. The smallest absolute Gasteiger partial charge is 0.0658 e. The molecule has 0 amide bonds. The van der Waals surface area contributed by atoms with E-state index in [1.165, 1.54) is 37.7 Å². The summed E-state index contributed by atoms with van der Waals surface area (Å²) in [5.74, 6) is 0. The molecule has 0 N–H and O–H groups in total. The maximum absolute atomic E-state index is 5.90. The lowest BCUT2D eigenvalue weighted by Crippen LogP contribution is -2.31. The van der Waals surface area contributed by atoms with Crippen LogP contribution in [0.25, 0.3) is 0 Å². The Labute approximate surface area is 82.2 Å². The van der Waals surface area contributed by atoms with E-state index in [1.807, 2.05) is 0 Å². The van der Waals surface area contributed by atoms with Gasteiger partial charge >= 0.3 is 0 Å². The van der Waals surface area contributed by atoms with Crippen LogP contribution < -0.4 is 0 Å². The summed E-state index contributed by atoms with van der Waals surface area (Å²) in [4.78, 5) is 0. The molecule has 1 rings (SSSR count). The van der Waals surface area contributed by atoms with Crippen molar-refractivity contribution in [2.75, 3.05) is 6.61 Å². The first-order valence-electron chi connectivity index (χ1n) is 5.40. The van der Waals surface area contributed by atoms with Gasteiger partial charge in [-0.3, -0.25) is 0 Å². The Hall–Kier alpha value is -0.300. The minimum absolute atomic E-state index is 0.171. The standard InChI is InChI=1S/C12H22O/c1-11(2)7-10-13-12(3)8-5-4-6-9-12/h7H,4-6,8-10H2,1-3H3. The van der Waals surface area contributed by atoms with Crippen LogP contribution in [0.2, 0.25) is 0 Å². The Balaban J connectivity index is 2.29. The van der Waals surface area contributed by atoms with Gasteiger partial charge in [0, 0.05) is 0 Å². The van der Waals surface area contributed by atoms with E-state index in [9.17, 15) is 0 Å². The molecule has 1 saturated carbocycles. The molecule has 0 aromatic rings. The van der Waals surface area contributed by atoms with E-state index < -0.39 is 0 Å². The van der Waals surface area contributed by atoms with Crippen molar-refractivity contribution in [3.63, 3.8) is 0 Å². The monoisotopic (exact) mass is 182 g/mol. The molecule has 13 heavy (non-hydrogen) atoms. The van der Waals surface area contributed by atoms with Crippen molar-refractivity contribution >= 4 is 0 Å². The first kappa shape index (κ1) is 10.8. The highest BCUT2D eigenvalue weighted by atomic mass is 16.5. The Bertz CT molecular complexity index is 172. The number of rotatable bonds is 3. The van der Waals surface area contributed by atoms with Crippen LogP contribution in [0.15, 0.2) is 11.6 Å². The Kier molecular flexibility index (Phi) is 3.98. The summed E-state index contributed by atoms with van der Waals surface area (Å²) in [5, 5.41) is 0. The topological polar surface area (TPSA) is 9.23 Å². The molecule has 0 unspecified atom stereocenters. The molecule has 0 aliphatic heterocycles. The molecule has 0 aromatic heterocycles. The van der Waals surface area contributed by atoms with Crippen molar-refractivity contribution in [3.8, 4) is 0 Å². The molecule has 1 fully saturated rings. The van der Waals surface area contributed by atoms with E-state index in [0.717, 1.165) is 6.61 Å². The third-order valence-electron chi connectivity index (χ3n) is 2.83. The van der Waals surface area contributed by atoms with Crippen LogP contribution in [-0.2, 0) is 4.74 Å². The van der Waals surface area contributed by atoms with Crippen LogP contribution in [0.3, 0.4) is 0 Å². The van der Waals surface area contributed by atoms with Gasteiger partial charge in [-0.1, -0.05) is 30.9 Å². The van der Waals surface area contributed by atoms with E-state index in [2.05, 4.69) is 26.8 Å². The molecular weight excluding hydrogens is 160 g/mol. The highest BCUT2D eigenvalue weighted by Gasteiger charge is 2.26. The lowest BCUT2D eigenvalue weighted by molar-refractivity contribution is -0.0426. The minimum Gasteiger partial charge on any atom is -0.371 e. The minimum atomic E-state index is 0.171. The Morgan fingerprint density at radius 2 is 1.85 bits per heavy atom. The maximum atomic E-state index is 5.90. The zero-order valence-electron chi connectivity index (χ0n) is 9.23. The van der Waals surface area contributed by atoms with E-state index in [0.29, 0.717) is 0 Å². The zero-order chi connectivity index (χ0) is 9.73. The van der Waals surface area contributed by atoms with Crippen molar-refractivity contribution in [2.24, 2.45) is 0 Å². The average molecular weight is 182 g/mol. The summed E-state index contributed by atoms with van der Waals surface area (Å²) in [6, 6.07) is 0. The van der Waals surface area contributed by atoms with Crippen LogP contribution in [0, 0.1) is 0 Å². The molecule has 76 valence electrons. The largest absolute Gasteiger partial charge is 0.371 e. The number of ether oxygens (including phenoxy) is 1. The summed E-state index contributed by atoms with van der Waals surface area (Å²) in [7, 11) is 0. The third-order valence-corrected chi connectivity index (χ3v) is 2.83. The number of hydrogen-bond acceptors (Lipinski definition) is 1. The fraction of sp³-hybridized carbons (Fsp3) is 0.833. The van der Waals surface area contributed by atoms with E-state index >= 15 is 0 Å². The predicted octanol–water partition coefficient (Wildman–Crippen LogP) is 3.69. The van der Waals surface area contributed by atoms with Crippen LogP contribution >= 0.6 is 0 Å². The van der Waals surface area contributed by atoms with Crippen LogP contribution in [0.1, 0.15) is 52.9 Å². The zero-order valence-corrected chi connectivity index (χ0v) is 9.23. The average Bonchev–Trinajstić information content (AvgIpc) is 2.04. The molecule has 0 atom stereocenters. The predicted molar refractivity (Wildman–Crippen MR) is 56.9 cm³/mol. The summed E-state index contributed by atoms with van der Waals surface area (Å²) >= 11 is 0. The summed E-state index contributed by atoms with van der Waals surface area (Å²) in [6.07, 6.45) is 8.71. The van der Waals surface area contributed by atoms with Gasteiger partial charge in [0.2, 0.25) is 0 Å². The highest BCUT2D eigenvalue weighted by molar-refractivity contribution is 4.93. The van der Waals surface area contributed by atoms with Crippen LogP contribution in [0.5, 0.6) is 0 Å². The summed E-state index contributed by atoms with van der Waals surface area (Å²) in [5.41, 5.74) is 1.52. The van der Waals surface area contributed by atoms with E-state index in [-0.39, 0.29) is 5.60 Å². The first-order valence-corrected chi connectivity index (χ1v) is 5.40. The second kappa shape index (κ2) is 4.80. The second-order valence-corrected chi connectivity index (χ2v) is 4.60. The molecule has 0 saturated heterocycles. The first-order chi connectivity index (χ1) is 6.12. The number of hydrogen-bond donors (Lipinski definition) is 0. The molecule has 1 nitrogen and oxygen atoms in total. The van der Waals surface area contributed by atoms with Gasteiger partial charge in [0.15, 0.2) is 0 Å². The van der Waals surface area contributed by atoms with E-state index in [1.54, 1.807) is 0 Å². The molecule has 1 heteroatoms. The van der Waals surface area contributed by atoms with Gasteiger partial charge in [-0.25, -0.2) is 0 Å². The summed E-state index contributed by atoms with van der Waals surface area (Å²) < 4.78 is 5.90. The van der Waals surface area contributed by atoms with Crippen molar-refractivity contribution in [1.29, 1.82) is 0 Å². The van der Waals surface area contributed by atoms with Gasteiger partial charge in [-0.05, 0) is 33.6 Å². The molecule has 0 heterocycles. The Morgan fingerprint density at radius 3 is 2.38 bits per heavy atom. The molecule has 1 aliphatic rings. The molecule has 1 aliphatic carbocycles. The lowest BCUT2D eigenvalue weighted by Gasteiger charge is -2.33. The van der Waals surface area contributed by atoms with Crippen molar-refractivity contribution < 1.29 is 4.74 Å². The fourth-order valence-electron chi connectivity index (χ4n) is 1.85. The van der Waals surface area contributed by atoms with Gasteiger partial charge in [-0.15, -0.1) is 0 Å². The maximum Gasteiger partial charge on any atom is 0.0658 e. The molecule has 0 spiro atoms. The SMILES string of the molecule is CC(C)=CCOC1(C)CCCCC1. The molecular formula is C12H22O. The van der Waals surface area contributed by atoms with Gasteiger partial charge in [0.05, 0.1) is 12.2 Å². The van der Waals surface area contributed by atoms with Crippen LogP contribution in [0.4, 0.5) is 0 Å². The van der Waals surface area contributed by atoms with Crippen molar-refractivity contribution in [3.05, 3.63) is 11.6 Å². The Morgan fingerprint density at radius 1 is 1.23 bits per heavy atom.